The number of amides is 5. The number of ether oxygens (including phenoxy) is 2. The predicted molar refractivity (Wildman–Crippen MR) is 209 cm³/mol. The van der Waals surface area contributed by atoms with Crippen LogP contribution in [0.25, 0.3) is 22.3 Å². The Morgan fingerprint density at radius 2 is 1.31 bits per heavy atom. The van der Waals surface area contributed by atoms with Gasteiger partial charge in [-0.25, -0.2) is 24.8 Å². The molecule has 2 aromatic rings. The number of hydrazine groups is 1. The van der Waals surface area contributed by atoms with Crippen LogP contribution in [0.4, 0.5) is 14.4 Å². The van der Waals surface area contributed by atoms with Gasteiger partial charge in [-0.15, -0.1) is 0 Å². The molecule has 2 fully saturated rings. The molecule has 6 rings (SSSR count). The van der Waals surface area contributed by atoms with Gasteiger partial charge in [0.05, 0.1) is 26.3 Å². The van der Waals surface area contributed by atoms with E-state index in [0.29, 0.717) is 19.5 Å². The van der Waals surface area contributed by atoms with Crippen LogP contribution in [0.2, 0.25) is 0 Å². The Balaban J connectivity index is 1.04. The summed E-state index contributed by atoms with van der Waals surface area (Å²) in [6, 6.07) is 15.9. The second-order valence-corrected chi connectivity index (χ2v) is 15.0. The fourth-order valence-corrected chi connectivity index (χ4v) is 7.87. The fourth-order valence-electron chi connectivity index (χ4n) is 7.87. The third kappa shape index (κ3) is 8.22. The Hall–Kier alpha value is -5.39. The Kier molecular flexibility index (Phi) is 11.9. The number of urea groups is 1. The van der Waals surface area contributed by atoms with Crippen LogP contribution in [0, 0.1) is 5.92 Å². The first-order valence-electron chi connectivity index (χ1n) is 18.9. The molecule has 2 aromatic carbocycles. The molecule has 54 heavy (non-hydrogen) atoms. The van der Waals surface area contributed by atoms with Gasteiger partial charge in [0, 0.05) is 37.5 Å². The van der Waals surface area contributed by atoms with Crippen LogP contribution in [0.5, 0.6) is 0 Å². The average molecular weight is 737 g/mol. The highest BCUT2D eigenvalue weighted by Gasteiger charge is 2.39. The minimum Gasteiger partial charge on any atom is -0.453 e. The highest BCUT2D eigenvalue weighted by molar-refractivity contribution is 6.04. The van der Waals surface area contributed by atoms with Gasteiger partial charge < -0.3 is 24.6 Å². The molecule has 0 aromatic heterocycles. The summed E-state index contributed by atoms with van der Waals surface area (Å²) in [5.41, 5.74) is 11.6. The molecule has 286 valence electrons. The Morgan fingerprint density at radius 3 is 1.91 bits per heavy atom. The summed E-state index contributed by atoms with van der Waals surface area (Å²) >= 11 is 0. The minimum atomic E-state index is -0.665. The van der Waals surface area contributed by atoms with Crippen LogP contribution < -0.4 is 10.7 Å². The van der Waals surface area contributed by atoms with Crippen molar-refractivity contribution in [3.05, 3.63) is 83.6 Å². The molecule has 4 aliphatic rings. The molecule has 0 radical (unpaired) electrons. The minimum absolute atomic E-state index is 0.0200. The number of aliphatic imine (C=N–C) groups is 1. The number of hydrogen-bond donors (Lipinski definition) is 2. The topological polar surface area (TPSA) is 133 Å². The van der Waals surface area contributed by atoms with Gasteiger partial charge in [-0.05, 0) is 90.8 Å². The zero-order chi connectivity index (χ0) is 38.5. The van der Waals surface area contributed by atoms with Gasteiger partial charge in [0.2, 0.25) is 5.91 Å². The molecule has 2 saturated heterocycles. The van der Waals surface area contributed by atoms with Crippen molar-refractivity contribution >= 4 is 41.0 Å². The molecular formula is C42H52N6O6. The van der Waals surface area contributed by atoms with Crippen LogP contribution in [0.1, 0.15) is 77.3 Å². The van der Waals surface area contributed by atoms with Crippen molar-refractivity contribution in [3.8, 4) is 11.1 Å². The van der Waals surface area contributed by atoms with Gasteiger partial charge in [-0.2, -0.15) is 0 Å². The first kappa shape index (κ1) is 38.3. The van der Waals surface area contributed by atoms with Crippen LogP contribution in [-0.4, -0.2) is 96.1 Å². The van der Waals surface area contributed by atoms with Gasteiger partial charge >= 0.3 is 18.2 Å². The normalized spacial score (nSPS) is 20.0. The highest BCUT2D eigenvalue weighted by Crippen LogP contribution is 2.37. The van der Waals surface area contributed by atoms with E-state index in [9.17, 15) is 19.2 Å². The maximum Gasteiger partial charge on any atom is 0.425 e. The summed E-state index contributed by atoms with van der Waals surface area (Å²) < 4.78 is 9.50. The van der Waals surface area contributed by atoms with Crippen molar-refractivity contribution in [3.63, 3.8) is 0 Å². The summed E-state index contributed by atoms with van der Waals surface area (Å²) in [4.78, 5) is 59.4. The highest BCUT2D eigenvalue weighted by atomic mass is 16.5. The molecule has 5 amide bonds. The summed E-state index contributed by atoms with van der Waals surface area (Å²) in [5, 5.41) is 4.06. The second kappa shape index (κ2) is 16.7. The molecule has 3 heterocycles. The maximum absolute atomic E-state index is 13.6. The number of rotatable bonds is 9. The van der Waals surface area contributed by atoms with Crippen molar-refractivity contribution < 1.29 is 28.7 Å². The van der Waals surface area contributed by atoms with Crippen LogP contribution in [0.3, 0.4) is 0 Å². The van der Waals surface area contributed by atoms with E-state index < -0.39 is 18.2 Å². The first-order chi connectivity index (χ1) is 26.0. The van der Waals surface area contributed by atoms with E-state index in [1.54, 1.807) is 0 Å². The van der Waals surface area contributed by atoms with Crippen molar-refractivity contribution in [2.75, 3.05) is 27.3 Å². The Bertz CT molecular complexity index is 1730. The molecule has 12 nitrogen and oxygen atoms in total. The third-order valence-electron chi connectivity index (χ3n) is 10.9. The van der Waals surface area contributed by atoms with E-state index in [1.165, 1.54) is 30.4 Å². The lowest BCUT2D eigenvalue weighted by atomic mass is 9.94. The summed E-state index contributed by atoms with van der Waals surface area (Å²) in [7, 11) is 2.59. The van der Waals surface area contributed by atoms with E-state index in [1.807, 2.05) is 43.7 Å². The first-order valence-corrected chi connectivity index (χ1v) is 18.9. The average Bonchev–Trinajstić information content (AvgIpc) is 4.02. The number of carbonyl (C=O) groups is 4. The smallest absolute Gasteiger partial charge is 0.425 e. The molecule has 0 saturated carbocycles. The SMILES string of the molecule is COC(=O)N[C@H](C(=O)N1CCCC1C1=NC=C(c2ccc(-c3ccc(C4=CC=C([C@@H]5CCCN5C(=O)N(NC(=O)OC)C(C)C)C4)cc3)cc2)C1)C(C)C. The molecule has 0 spiro atoms. The molecule has 0 bridgehead atoms. The summed E-state index contributed by atoms with van der Waals surface area (Å²) in [6.07, 6.45) is 9.93. The Morgan fingerprint density at radius 1 is 0.741 bits per heavy atom. The van der Waals surface area contributed by atoms with Crippen LogP contribution in [-0.2, 0) is 14.3 Å². The standard InChI is InChI=1S/C42H52N6O6/c1-26(2)38(44-40(50)53-5)39(49)46-21-8-10-37(46)35-24-34(25-43-35)31-17-13-29(14-18-31)28-11-15-30(16-12-28)32-19-20-33(23-32)36-9-7-22-47(36)42(52)48(27(3)4)45-41(51)54-6/h11-20,25-27,36-38H,7-10,21-24H2,1-6H3,(H,44,50)(H,45,51)/t36-,37?,38-/m0/s1. The quantitative estimate of drug-likeness (QED) is 0.262. The van der Waals surface area contributed by atoms with Crippen LogP contribution in [0.15, 0.2) is 77.4 Å². The third-order valence-corrected chi connectivity index (χ3v) is 10.9. The van der Waals surface area contributed by atoms with E-state index in [2.05, 4.69) is 71.4 Å². The number of nitrogens with one attached hydrogen (secondary N) is 2. The molecule has 1 unspecified atom stereocenters. The molecule has 1 aliphatic carbocycles. The van der Waals surface area contributed by atoms with E-state index in [-0.39, 0.29) is 36.0 Å². The van der Waals surface area contributed by atoms with Crippen LogP contribution >= 0.6 is 0 Å². The lowest BCUT2D eigenvalue weighted by Crippen LogP contribution is -2.56. The van der Waals surface area contributed by atoms with Crippen molar-refractivity contribution in [2.45, 2.75) is 90.4 Å². The zero-order valence-corrected chi connectivity index (χ0v) is 32.1. The maximum atomic E-state index is 13.6. The van der Waals surface area contributed by atoms with Gasteiger partial charge in [0.1, 0.15) is 6.04 Å². The Labute approximate surface area is 317 Å². The van der Waals surface area contributed by atoms with Crippen molar-refractivity contribution in [1.82, 2.24) is 25.6 Å². The fraction of sp³-hybridized carbons (Fsp3) is 0.452. The number of carbonyl (C=O) groups excluding carboxylic acids is 4. The van der Waals surface area contributed by atoms with Crippen molar-refractivity contribution in [2.24, 2.45) is 10.9 Å². The molecule has 12 heteroatoms. The van der Waals surface area contributed by atoms with E-state index in [4.69, 9.17) is 14.5 Å². The second-order valence-electron chi connectivity index (χ2n) is 15.0. The van der Waals surface area contributed by atoms with Gasteiger partial charge in [-0.3, -0.25) is 9.79 Å². The molecule has 3 aliphatic heterocycles. The van der Waals surface area contributed by atoms with E-state index in [0.717, 1.165) is 65.6 Å². The predicted octanol–water partition coefficient (Wildman–Crippen LogP) is 7.19. The summed E-state index contributed by atoms with van der Waals surface area (Å²) in [6.45, 7) is 8.83. The van der Waals surface area contributed by atoms with Gasteiger partial charge in [0.25, 0.3) is 0 Å². The number of methoxy groups -OCH3 is 2. The van der Waals surface area contributed by atoms with E-state index >= 15 is 0 Å². The lowest BCUT2D eigenvalue weighted by Gasteiger charge is -2.34. The molecule has 2 N–H and O–H groups in total. The number of likely N-dealkylation sites (tertiary alicyclic amines) is 2. The number of allylic oxidation sites excluding steroid dienone is 4. The number of alkyl carbamates (subject to hydrolysis) is 1. The van der Waals surface area contributed by atoms with Gasteiger partial charge in [-0.1, -0.05) is 74.5 Å². The summed E-state index contributed by atoms with van der Waals surface area (Å²) in [5.74, 6) is -0.174. The number of hydrogen-bond acceptors (Lipinski definition) is 7. The lowest BCUT2D eigenvalue weighted by molar-refractivity contribution is -0.134. The molecular weight excluding hydrogens is 684 g/mol. The van der Waals surface area contributed by atoms with Crippen molar-refractivity contribution in [1.29, 1.82) is 0 Å². The number of nitrogens with zero attached hydrogens (tertiary/aromatic N) is 4. The molecule has 3 atom stereocenters. The largest absolute Gasteiger partial charge is 0.453 e. The zero-order valence-electron chi connectivity index (χ0n) is 32.1. The van der Waals surface area contributed by atoms with Gasteiger partial charge in [0.15, 0.2) is 0 Å². The monoisotopic (exact) mass is 736 g/mol. The number of benzene rings is 2.